The molecule has 0 bridgehead atoms. The summed E-state index contributed by atoms with van der Waals surface area (Å²) in [7, 11) is 0. The first kappa shape index (κ1) is 14.5. The van der Waals surface area contributed by atoms with E-state index < -0.39 is 0 Å². The lowest BCUT2D eigenvalue weighted by Crippen LogP contribution is -2.41. The van der Waals surface area contributed by atoms with Crippen LogP contribution >= 0.6 is 12.2 Å². The van der Waals surface area contributed by atoms with Crippen molar-refractivity contribution in [1.29, 1.82) is 0 Å². The van der Waals surface area contributed by atoms with Gasteiger partial charge in [-0.1, -0.05) is 30.3 Å². The number of thiocarbonyl (C=S) groups is 1. The van der Waals surface area contributed by atoms with Gasteiger partial charge in [0.15, 0.2) is 5.11 Å². The Balaban J connectivity index is 1.94. The second kappa shape index (κ2) is 6.15. The molecule has 112 valence electrons. The molecule has 1 aliphatic rings. The monoisotopic (exact) mass is 311 g/mol. The molecule has 0 aliphatic carbocycles. The van der Waals surface area contributed by atoms with Gasteiger partial charge in [-0.05, 0) is 43.4 Å². The van der Waals surface area contributed by atoms with Crippen LogP contribution in [0.15, 0.2) is 54.6 Å². The zero-order valence-corrected chi connectivity index (χ0v) is 13.1. The Morgan fingerprint density at radius 1 is 1.18 bits per heavy atom. The van der Waals surface area contributed by atoms with Crippen LogP contribution in [0.5, 0.6) is 0 Å². The fourth-order valence-corrected chi connectivity index (χ4v) is 3.00. The smallest absolute Gasteiger partial charge is 0.226 e. The highest BCUT2D eigenvalue weighted by Gasteiger charge is 2.27. The Bertz CT molecular complexity index is 702. The SMILES string of the molecule is CC1CC(=O)Nc2ccccc2N1C(=S)Nc1ccccc1. The number of nitrogens with one attached hydrogen (secondary N) is 2. The molecule has 2 N–H and O–H groups in total. The molecule has 1 heterocycles. The van der Waals surface area contributed by atoms with Crippen LogP contribution in [-0.4, -0.2) is 17.1 Å². The average Bonchev–Trinajstić information content (AvgIpc) is 2.62. The van der Waals surface area contributed by atoms with E-state index in [1.165, 1.54) is 0 Å². The van der Waals surface area contributed by atoms with Gasteiger partial charge in [0, 0.05) is 18.2 Å². The second-order valence-corrected chi connectivity index (χ2v) is 5.67. The van der Waals surface area contributed by atoms with Crippen LogP contribution in [-0.2, 0) is 4.79 Å². The molecule has 0 saturated carbocycles. The number of nitrogens with zero attached hydrogens (tertiary/aromatic N) is 1. The molecule has 4 nitrogen and oxygen atoms in total. The summed E-state index contributed by atoms with van der Waals surface area (Å²) in [6.07, 6.45) is 0.394. The summed E-state index contributed by atoms with van der Waals surface area (Å²) in [6, 6.07) is 17.5. The highest BCUT2D eigenvalue weighted by molar-refractivity contribution is 7.80. The normalized spacial score (nSPS) is 17.2. The third-order valence-corrected chi connectivity index (χ3v) is 3.90. The summed E-state index contributed by atoms with van der Waals surface area (Å²) in [5.74, 6) is 0.00459. The van der Waals surface area contributed by atoms with Crippen LogP contribution in [0.4, 0.5) is 17.1 Å². The molecular formula is C17H17N3OS. The zero-order chi connectivity index (χ0) is 15.5. The lowest BCUT2D eigenvalue weighted by atomic mass is 10.2. The minimum atomic E-state index is -0.0210. The summed E-state index contributed by atoms with van der Waals surface area (Å²) in [4.78, 5) is 14.0. The molecule has 0 spiro atoms. The number of carbonyl (C=O) groups is 1. The van der Waals surface area contributed by atoms with Crippen LogP contribution in [0.25, 0.3) is 0 Å². The molecule has 1 unspecified atom stereocenters. The highest BCUT2D eigenvalue weighted by atomic mass is 32.1. The maximum atomic E-state index is 12.0. The number of hydrogen-bond acceptors (Lipinski definition) is 2. The van der Waals surface area contributed by atoms with Crippen molar-refractivity contribution in [2.75, 3.05) is 15.5 Å². The third kappa shape index (κ3) is 2.94. The van der Waals surface area contributed by atoms with Crippen LogP contribution in [0.3, 0.4) is 0 Å². The molecule has 3 rings (SSSR count). The maximum absolute atomic E-state index is 12.0. The number of anilines is 3. The van der Waals surface area contributed by atoms with Gasteiger partial charge in [-0.3, -0.25) is 4.79 Å². The van der Waals surface area contributed by atoms with Gasteiger partial charge in [0.25, 0.3) is 0 Å². The third-order valence-electron chi connectivity index (χ3n) is 3.60. The summed E-state index contributed by atoms with van der Waals surface area (Å²) >= 11 is 5.58. The molecule has 2 aromatic carbocycles. The Kier molecular flexibility index (Phi) is 4.06. The molecule has 1 aliphatic heterocycles. The zero-order valence-electron chi connectivity index (χ0n) is 12.2. The molecule has 0 aromatic heterocycles. The molecular weight excluding hydrogens is 294 g/mol. The number of para-hydroxylation sites is 3. The standard InChI is InChI=1S/C17H17N3OS/c1-12-11-16(21)19-14-9-5-6-10-15(14)20(12)17(22)18-13-7-3-2-4-8-13/h2-10,12H,11H2,1H3,(H,18,22)(H,19,21). The van der Waals surface area contributed by atoms with Crippen molar-refractivity contribution >= 4 is 40.3 Å². The highest BCUT2D eigenvalue weighted by Crippen LogP contribution is 2.31. The van der Waals surface area contributed by atoms with Gasteiger partial charge in [0.05, 0.1) is 11.4 Å². The minimum Gasteiger partial charge on any atom is -0.332 e. The first-order valence-corrected chi connectivity index (χ1v) is 7.60. The summed E-state index contributed by atoms with van der Waals surface area (Å²) in [6.45, 7) is 2.00. The largest absolute Gasteiger partial charge is 0.332 e. The van der Waals surface area contributed by atoms with E-state index in [1.807, 2.05) is 66.4 Å². The number of benzene rings is 2. The molecule has 22 heavy (non-hydrogen) atoms. The van der Waals surface area contributed by atoms with Crippen molar-refractivity contribution < 1.29 is 4.79 Å². The Labute approximate surface area is 135 Å². The second-order valence-electron chi connectivity index (χ2n) is 5.28. The summed E-state index contributed by atoms with van der Waals surface area (Å²) < 4.78 is 0. The van der Waals surface area contributed by atoms with Gasteiger partial charge in [-0.25, -0.2) is 0 Å². The van der Waals surface area contributed by atoms with Crippen molar-refractivity contribution in [2.24, 2.45) is 0 Å². The van der Waals surface area contributed by atoms with E-state index >= 15 is 0 Å². The quantitative estimate of drug-likeness (QED) is 0.790. The first-order valence-electron chi connectivity index (χ1n) is 7.19. The molecule has 0 radical (unpaired) electrons. The van der Waals surface area contributed by atoms with E-state index in [4.69, 9.17) is 12.2 Å². The van der Waals surface area contributed by atoms with Crippen LogP contribution < -0.4 is 15.5 Å². The van der Waals surface area contributed by atoms with Crippen molar-refractivity contribution in [3.05, 3.63) is 54.6 Å². The van der Waals surface area contributed by atoms with Crippen molar-refractivity contribution in [3.63, 3.8) is 0 Å². The minimum absolute atomic E-state index is 0.00459. The molecule has 0 saturated heterocycles. The molecule has 0 fully saturated rings. The van der Waals surface area contributed by atoms with Crippen LogP contribution in [0.1, 0.15) is 13.3 Å². The van der Waals surface area contributed by atoms with E-state index in [-0.39, 0.29) is 11.9 Å². The van der Waals surface area contributed by atoms with Crippen molar-refractivity contribution in [2.45, 2.75) is 19.4 Å². The lowest BCUT2D eigenvalue weighted by Gasteiger charge is -2.30. The number of amides is 1. The van der Waals surface area contributed by atoms with E-state index in [1.54, 1.807) is 0 Å². The topological polar surface area (TPSA) is 44.4 Å². The van der Waals surface area contributed by atoms with E-state index in [0.29, 0.717) is 11.5 Å². The number of rotatable bonds is 1. The molecule has 2 aromatic rings. The summed E-state index contributed by atoms with van der Waals surface area (Å²) in [5, 5.41) is 6.76. The Hall–Kier alpha value is -2.40. The molecule has 5 heteroatoms. The number of fused-ring (bicyclic) bond motifs is 1. The summed E-state index contributed by atoms with van der Waals surface area (Å²) in [5.41, 5.74) is 2.63. The molecule has 1 amide bonds. The van der Waals surface area contributed by atoms with Crippen molar-refractivity contribution in [3.8, 4) is 0 Å². The Morgan fingerprint density at radius 2 is 1.86 bits per heavy atom. The van der Waals surface area contributed by atoms with E-state index in [9.17, 15) is 4.79 Å². The van der Waals surface area contributed by atoms with E-state index in [2.05, 4.69) is 10.6 Å². The fraction of sp³-hybridized carbons (Fsp3) is 0.176. The first-order chi connectivity index (χ1) is 10.6. The fourth-order valence-electron chi connectivity index (χ4n) is 2.60. The van der Waals surface area contributed by atoms with Crippen LogP contribution in [0, 0.1) is 0 Å². The number of carbonyl (C=O) groups excluding carboxylic acids is 1. The van der Waals surface area contributed by atoms with Gasteiger partial charge >= 0.3 is 0 Å². The van der Waals surface area contributed by atoms with Crippen LogP contribution in [0.2, 0.25) is 0 Å². The van der Waals surface area contributed by atoms with Gasteiger partial charge in [0.1, 0.15) is 0 Å². The molecule has 1 atom stereocenters. The van der Waals surface area contributed by atoms with Crippen molar-refractivity contribution in [1.82, 2.24) is 0 Å². The maximum Gasteiger partial charge on any atom is 0.226 e. The number of hydrogen-bond donors (Lipinski definition) is 2. The average molecular weight is 311 g/mol. The predicted molar refractivity (Wildman–Crippen MR) is 94.3 cm³/mol. The van der Waals surface area contributed by atoms with Gasteiger partial charge in [-0.15, -0.1) is 0 Å². The lowest BCUT2D eigenvalue weighted by molar-refractivity contribution is -0.116. The van der Waals surface area contributed by atoms with Gasteiger partial charge < -0.3 is 15.5 Å². The van der Waals surface area contributed by atoms with Gasteiger partial charge in [-0.2, -0.15) is 0 Å². The van der Waals surface area contributed by atoms with E-state index in [0.717, 1.165) is 17.1 Å². The Morgan fingerprint density at radius 3 is 2.64 bits per heavy atom. The van der Waals surface area contributed by atoms with Gasteiger partial charge in [0.2, 0.25) is 5.91 Å². The predicted octanol–water partition coefficient (Wildman–Crippen LogP) is 3.62.